The molecule has 0 bridgehead atoms. The maximum atomic E-state index is 12.4. The van der Waals surface area contributed by atoms with E-state index < -0.39 is 0 Å². The van der Waals surface area contributed by atoms with E-state index in [0.717, 1.165) is 11.3 Å². The predicted molar refractivity (Wildman–Crippen MR) is 108 cm³/mol. The van der Waals surface area contributed by atoms with Gasteiger partial charge in [-0.05, 0) is 61.0 Å². The Morgan fingerprint density at radius 2 is 1.52 bits per heavy atom. The molecule has 3 aromatic rings. The molecule has 27 heavy (non-hydrogen) atoms. The van der Waals surface area contributed by atoms with Crippen molar-refractivity contribution < 1.29 is 14.3 Å². The van der Waals surface area contributed by atoms with E-state index in [2.05, 4.69) is 5.32 Å². The van der Waals surface area contributed by atoms with Crippen LogP contribution in [0.1, 0.15) is 15.9 Å². The second-order valence-electron chi connectivity index (χ2n) is 5.95. The lowest BCUT2D eigenvalue weighted by Crippen LogP contribution is -2.13. The predicted octanol–water partition coefficient (Wildman–Crippen LogP) is 5.36. The number of halogens is 1. The van der Waals surface area contributed by atoms with Crippen LogP contribution in [0.15, 0.2) is 72.8 Å². The summed E-state index contributed by atoms with van der Waals surface area (Å²) in [4.78, 5) is 12.4. The highest BCUT2D eigenvalue weighted by atomic mass is 35.5. The zero-order valence-corrected chi connectivity index (χ0v) is 15.7. The van der Waals surface area contributed by atoms with E-state index in [4.69, 9.17) is 21.1 Å². The molecule has 1 N–H and O–H groups in total. The number of aryl methyl sites for hydroxylation is 1. The molecule has 0 aliphatic heterocycles. The van der Waals surface area contributed by atoms with Gasteiger partial charge in [0.05, 0.1) is 0 Å². The summed E-state index contributed by atoms with van der Waals surface area (Å²) in [7, 11) is 0. The highest BCUT2D eigenvalue weighted by molar-refractivity contribution is 6.31. The topological polar surface area (TPSA) is 47.6 Å². The van der Waals surface area contributed by atoms with E-state index in [-0.39, 0.29) is 5.91 Å². The third-order valence-electron chi connectivity index (χ3n) is 3.93. The van der Waals surface area contributed by atoms with E-state index in [1.807, 2.05) is 43.3 Å². The zero-order valence-electron chi connectivity index (χ0n) is 14.9. The van der Waals surface area contributed by atoms with Gasteiger partial charge in [-0.25, -0.2) is 0 Å². The van der Waals surface area contributed by atoms with E-state index in [9.17, 15) is 4.79 Å². The van der Waals surface area contributed by atoms with Crippen molar-refractivity contribution in [2.24, 2.45) is 0 Å². The Labute approximate surface area is 163 Å². The Morgan fingerprint density at radius 1 is 0.889 bits per heavy atom. The van der Waals surface area contributed by atoms with Gasteiger partial charge >= 0.3 is 0 Å². The lowest BCUT2D eigenvalue weighted by atomic mass is 10.1. The molecular weight excluding hydrogens is 362 g/mol. The van der Waals surface area contributed by atoms with Crippen LogP contribution >= 0.6 is 11.6 Å². The van der Waals surface area contributed by atoms with Crippen molar-refractivity contribution in [2.75, 3.05) is 18.5 Å². The maximum absolute atomic E-state index is 12.4. The quantitative estimate of drug-likeness (QED) is 0.560. The Balaban J connectivity index is 1.50. The molecule has 138 valence electrons. The summed E-state index contributed by atoms with van der Waals surface area (Å²) < 4.78 is 11.2. The molecule has 0 saturated heterocycles. The lowest BCUT2D eigenvalue weighted by molar-refractivity contribution is 0.102. The van der Waals surface area contributed by atoms with Gasteiger partial charge in [-0.15, -0.1) is 0 Å². The number of amides is 1. The molecule has 0 heterocycles. The lowest BCUT2D eigenvalue weighted by Gasteiger charge is -2.10. The molecule has 0 saturated carbocycles. The monoisotopic (exact) mass is 381 g/mol. The number of carbonyl (C=O) groups is 1. The molecule has 0 fully saturated rings. The van der Waals surface area contributed by atoms with Crippen LogP contribution in [0.2, 0.25) is 5.02 Å². The van der Waals surface area contributed by atoms with Crippen molar-refractivity contribution >= 4 is 23.2 Å². The molecule has 0 radical (unpaired) electrons. The average Bonchev–Trinajstić information content (AvgIpc) is 2.69. The van der Waals surface area contributed by atoms with Gasteiger partial charge in [-0.1, -0.05) is 35.9 Å². The standard InChI is InChI=1S/C22H20ClNO3/c1-16-7-10-18(23)15-21(16)24-22(25)17-8-11-20(12-9-17)27-14-13-26-19-5-3-2-4-6-19/h2-12,15H,13-14H2,1H3,(H,24,25). The number of carbonyl (C=O) groups excluding carboxylic acids is 1. The fourth-order valence-corrected chi connectivity index (χ4v) is 2.63. The van der Waals surface area contributed by atoms with Crippen LogP contribution in [-0.2, 0) is 0 Å². The van der Waals surface area contributed by atoms with E-state index >= 15 is 0 Å². The second-order valence-corrected chi connectivity index (χ2v) is 6.38. The first-order chi connectivity index (χ1) is 13.1. The third-order valence-corrected chi connectivity index (χ3v) is 4.16. The van der Waals surface area contributed by atoms with Gasteiger partial charge in [0, 0.05) is 16.3 Å². The Hall–Kier alpha value is -2.98. The van der Waals surface area contributed by atoms with Crippen LogP contribution in [0.3, 0.4) is 0 Å². The molecule has 0 spiro atoms. The molecule has 3 rings (SSSR count). The minimum Gasteiger partial charge on any atom is -0.490 e. The third kappa shape index (κ3) is 5.50. The van der Waals surface area contributed by atoms with Crippen LogP contribution in [0.5, 0.6) is 11.5 Å². The highest BCUT2D eigenvalue weighted by Crippen LogP contribution is 2.21. The van der Waals surface area contributed by atoms with Gasteiger partial charge in [-0.3, -0.25) is 4.79 Å². The van der Waals surface area contributed by atoms with Gasteiger partial charge in [0.25, 0.3) is 5.91 Å². The van der Waals surface area contributed by atoms with Gasteiger partial charge in [-0.2, -0.15) is 0 Å². The van der Waals surface area contributed by atoms with Crippen LogP contribution in [0.4, 0.5) is 5.69 Å². The molecule has 5 heteroatoms. The molecule has 0 atom stereocenters. The number of rotatable bonds is 7. The minimum absolute atomic E-state index is 0.195. The smallest absolute Gasteiger partial charge is 0.255 e. The Bertz CT molecular complexity index is 895. The van der Waals surface area contributed by atoms with E-state index in [0.29, 0.717) is 35.2 Å². The summed E-state index contributed by atoms with van der Waals surface area (Å²) >= 11 is 5.99. The highest BCUT2D eigenvalue weighted by Gasteiger charge is 2.08. The maximum Gasteiger partial charge on any atom is 0.255 e. The molecule has 0 aliphatic rings. The van der Waals surface area contributed by atoms with Crippen molar-refractivity contribution in [3.8, 4) is 11.5 Å². The summed E-state index contributed by atoms with van der Waals surface area (Å²) in [6.07, 6.45) is 0. The van der Waals surface area contributed by atoms with Crippen LogP contribution in [0, 0.1) is 6.92 Å². The van der Waals surface area contributed by atoms with Crippen molar-refractivity contribution in [3.63, 3.8) is 0 Å². The summed E-state index contributed by atoms with van der Waals surface area (Å²) in [5.41, 5.74) is 2.19. The minimum atomic E-state index is -0.195. The molecule has 0 aromatic heterocycles. The molecule has 0 aliphatic carbocycles. The molecule has 0 unspecified atom stereocenters. The van der Waals surface area contributed by atoms with Crippen LogP contribution in [0.25, 0.3) is 0 Å². The zero-order chi connectivity index (χ0) is 19.1. The number of anilines is 1. The number of para-hydroxylation sites is 1. The largest absolute Gasteiger partial charge is 0.490 e. The van der Waals surface area contributed by atoms with Gasteiger partial charge in [0.15, 0.2) is 0 Å². The molecule has 4 nitrogen and oxygen atoms in total. The van der Waals surface area contributed by atoms with Gasteiger partial charge in [0.1, 0.15) is 24.7 Å². The first kappa shape index (κ1) is 18.8. The molecule has 1 amide bonds. The number of ether oxygens (including phenoxy) is 2. The summed E-state index contributed by atoms with van der Waals surface area (Å²) in [6, 6.07) is 22.0. The van der Waals surface area contributed by atoms with Crippen molar-refractivity contribution in [1.29, 1.82) is 0 Å². The molecular formula is C22H20ClNO3. The average molecular weight is 382 g/mol. The fourth-order valence-electron chi connectivity index (χ4n) is 2.46. The fraction of sp³-hybridized carbons (Fsp3) is 0.136. The van der Waals surface area contributed by atoms with Crippen molar-refractivity contribution in [2.45, 2.75) is 6.92 Å². The van der Waals surface area contributed by atoms with Crippen LogP contribution in [-0.4, -0.2) is 19.1 Å². The number of hydrogen-bond acceptors (Lipinski definition) is 3. The van der Waals surface area contributed by atoms with E-state index in [1.165, 1.54) is 0 Å². The van der Waals surface area contributed by atoms with Crippen molar-refractivity contribution in [3.05, 3.63) is 88.9 Å². The molecule has 3 aromatic carbocycles. The van der Waals surface area contributed by atoms with Crippen molar-refractivity contribution in [1.82, 2.24) is 0 Å². The Kier molecular flexibility index (Phi) is 6.34. The first-order valence-electron chi connectivity index (χ1n) is 8.60. The Morgan fingerprint density at radius 3 is 2.19 bits per heavy atom. The van der Waals surface area contributed by atoms with Crippen LogP contribution < -0.4 is 14.8 Å². The summed E-state index contributed by atoms with van der Waals surface area (Å²) in [6.45, 7) is 2.78. The SMILES string of the molecule is Cc1ccc(Cl)cc1NC(=O)c1ccc(OCCOc2ccccc2)cc1. The van der Waals surface area contributed by atoms with Gasteiger partial charge in [0.2, 0.25) is 0 Å². The second kappa shape index (κ2) is 9.10. The number of hydrogen-bond donors (Lipinski definition) is 1. The van der Waals surface area contributed by atoms with Gasteiger partial charge < -0.3 is 14.8 Å². The number of benzene rings is 3. The normalized spacial score (nSPS) is 10.3. The number of nitrogens with one attached hydrogen (secondary N) is 1. The summed E-state index contributed by atoms with van der Waals surface area (Å²) in [5.74, 6) is 1.30. The summed E-state index contributed by atoms with van der Waals surface area (Å²) in [5, 5.41) is 3.45. The first-order valence-corrected chi connectivity index (χ1v) is 8.98. The van der Waals surface area contributed by atoms with E-state index in [1.54, 1.807) is 36.4 Å².